The highest BCUT2D eigenvalue weighted by Crippen LogP contribution is 2.44. The summed E-state index contributed by atoms with van der Waals surface area (Å²) in [6.07, 6.45) is 0. The van der Waals surface area contributed by atoms with Crippen LogP contribution in [-0.4, -0.2) is 4.57 Å². The Hall–Kier alpha value is -5.40. The zero-order valence-electron chi connectivity index (χ0n) is 23.3. The van der Waals surface area contributed by atoms with Crippen molar-refractivity contribution < 1.29 is 0 Å². The van der Waals surface area contributed by atoms with E-state index in [9.17, 15) is 0 Å². The molecule has 8 aromatic carbocycles. The second-order valence-corrected chi connectivity index (χ2v) is 11.4. The third-order valence-electron chi connectivity index (χ3n) is 9.00. The van der Waals surface area contributed by atoms with Crippen LogP contribution in [0.5, 0.6) is 0 Å². The third-order valence-corrected chi connectivity index (χ3v) is 9.00. The molecule has 0 aliphatic carbocycles. The molecule has 0 aliphatic rings. The topological polar surface area (TPSA) is 4.93 Å². The van der Waals surface area contributed by atoms with Gasteiger partial charge in [-0.2, -0.15) is 0 Å². The van der Waals surface area contributed by atoms with Crippen molar-refractivity contribution in [3.63, 3.8) is 0 Å². The summed E-state index contributed by atoms with van der Waals surface area (Å²) in [7, 11) is 0. The third kappa shape index (κ3) is 3.31. The predicted octanol–water partition coefficient (Wildman–Crippen LogP) is 11.3. The van der Waals surface area contributed by atoms with Gasteiger partial charge >= 0.3 is 0 Å². The maximum absolute atomic E-state index is 2.41. The molecule has 1 heteroatoms. The van der Waals surface area contributed by atoms with Crippen LogP contribution >= 0.6 is 0 Å². The molecule has 9 rings (SSSR count). The van der Waals surface area contributed by atoms with E-state index in [0.717, 1.165) is 0 Å². The number of aryl methyl sites for hydroxylation is 1. The minimum Gasteiger partial charge on any atom is -0.309 e. The van der Waals surface area contributed by atoms with Gasteiger partial charge in [-0.3, -0.25) is 0 Å². The van der Waals surface area contributed by atoms with E-state index in [-0.39, 0.29) is 0 Å². The Bertz CT molecular complexity index is 2390. The lowest BCUT2D eigenvalue weighted by atomic mass is 9.85. The van der Waals surface area contributed by atoms with Crippen LogP contribution in [0, 0.1) is 6.92 Å². The van der Waals surface area contributed by atoms with Crippen molar-refractivity contribution >= 4 is 54.1 Å². The Morgan fingerprint density at radius 3 is 1.67 bits per heavy atom. The summed E-state index contributed by atoms with van der Waals surface area (Å²) >= 11 is 0. The van der Waals surface area contributed by atoms with Crippen molar-refractivity contribution in [3.05, 3.63) is 151 Å². The second kappa shape index (κ2) is 8.80. The van der Waals surface area contributed by atoms with E-state index < -0.39 is 0 Å². The summed E-state index contributed by atoms with van der Waals surface area (Å²) in [5.41, 5.74) is 9.91. The van der Waals surface area contributed by atoms with Gasteiger partial charge in [-0.05, 0) is 91.8 Å². The summed E-state index contributed by atoms with van der Waals surface area (Å²) in [6, 6.07) is 53.8. The lowest BCUT2D eigenvalue weighted by Gasteiger charge is -2.19. The van der Waals surface area contributed by atoms with Crippen molar-refractivity contribution in [2.45, 2.75) is 6.92 Å². The summed E-state index contributed by atoms with van der Waals surface area (Å²) < 4.78 is 2.41. The van der Waals surface area contributed by atoms with Gasteiger partial charge in [0, 0.05) is 16.5 Å². The molecule has 0 saturated carbocycles. The molecular weight excluding hydrogens is 506 g/mol. The maximum Gasteiger partial charge on any atom is 0.0541 e. The van der Waals surface area contributed by atoms with Crippen molar-refractivity contribution in [2.24, 2.45) is 0 Å². The molecule has 1 aromatic heterocycles. The largest absolute Gasteiger partial charge is 0.309 e. The number of hydrogen-bond donors (Lipinski definition) is 0. The molecule has 0 amide bonds. The first-order valence-electron chi connectivity index (χ1n) is 14.6. The normalized spacial score (nSPS) is 11.9. The first-order valence-corrected chi connectivity index (χ1v) is 14.6. The highest BCUT2D eigenvalue weighted by Gasteiger charge is 2.18. The fraction of sp³-hybridized carbons (Fsp3) is 0.0244. The van der Waals surface area contributed by atoms with E-state index in [2.05, 4.69) is 157 Å². The van der Waals surface area contributed by atoms with Gasteiger partial charge in [-0.15, -0.1) is 0 Å². The van der Waals surface area contributed by atoms with Gasteiger partial charge < -0.3 is 4.57 Å². The zero-order chi connectivity index (χ0) is 27.8. The van der Waals surface area contributed by atoms with E-state index in [0.29, 0.717) is 0 Å². The van der Waals surface area contributed by atoms with Crippen LogP contribution in [0.3, 0.4) is 0 Å². The number of rotatable bonds is 3. The number of aromatic nitrogens is 1. The van der Waals surface area contributed by atoms with Gasteiger partial charge in [0.25, 0.3) is 0 Å². The molecular formula is C41H27N. The average molecular weight is 534 g/mol. The van der Waals surface area contributed by atoms with E-state index in [1.165, 1.54) is 87.6 Å². The van der Waals surface area contributed by atoms with Crippen molar-refractivity contribution in [1.29, 1.82) is 0 Å². The van der Waals surface area contributed by atoms with Crippen molar-refractivity contribution in [1.82, 2.24) is 4.57 Å². The fourth-order valence-corrected chi connectivity index (χ4v) is 7.06. The van der Waals surface area contributed by atoms with Gasteiger partial charge in [-0.25, -0.2) is 0 Å². The second-order valence-electron chi connectivity index (χ2n) is 11.4. The van der Waals surface area contributed by atoms with Crippen LogP contribution < -0.4 is 0 Å². The smallest absolute Gasteiger partial charge is 0.0541 e. The minimum absolute atomic E-state index is 1.17. The molecule has 0 spiro atoms. The molecule has 0 radical (unpaired) electrons. The standard InChI is InChI=1S/C41H27N/c1-26-16-18-27(19-17-26)36-25-37(35-23-21-29-9-6-8-28-20-22-34(36)41(35)40(28)29)30-10-7-11-31(24-30)42-38-14-4-2-12-32(38)33-13-3-5-15-39(33)42/h2-25H,1H3. The fourth-order valence-electron chi connectivity index (χ4n) is 7.06. The Balaban J connectivity index is 1.37. The quantitative estimate of drug-likeness (QED) is 0.199. The summed E-state index contributed by atoms with van der Waals surface area (Å²) in [6.45, 7) is 2.15. The van der Waals surface area contributed by atoms with Crippen LogP contribution in [-0.2, 0) is 0 Å². The van der Waals surface area contributed by atoms with Gasteiger partial charge in [0.05, 0.1) is 11.0 Å². The van der Waals surface area contributed by atoms with Gasteiger partial charge in [0.1, 0.15) is 0 Å². The summed E-state index contributed by atoms with van der Waals surface area (Å²) in [4.78, 5) is 0. The highest BCUT2D eigenvalue weighted by atomic mass is 15.0. The van der Waals surface area contributed by atoms with Gasteiger partial charge in [0.2, 0.25) is 0 Å². The molecule has 42 heavy (non-hydrogen) atoms. The first kappa shape index (κ1) is 23.3. The molecule has 9 aromatic rings. The van der Waals surface area contributed by atoms with Crippen molar-refractivity contribution in [2.75, 3.05) is 0 Å². The van der Waals surface area contributed by atoms with Crippen molar-refractivity contribution in [3.8, 4) is 27.9 Å². The predicted molar refractivity (Wildman–Crippen MR) is 180 cm³/mol. The molecule has 0 N–H and O–H groups in total. The number of nitrogens with zero attached hydrogens (tertiary/aromatic N) is 1. The minimum atomic E-state index is 1.17. The Morgan fingerprint density at radius 1 is 0.405 bits per heavy atom. The molecule has 0 saturated heterocycles. The molecule has 0 aliphatic heterocycles. The number of fused-ring (bicyclic) bond motifs is 3. The molecule has 196 valence electrons. The van der Waals surface area contributed by atoms with Crippen LogP contribution in [0.25, 0.3) is 82.1 Å². The average Bonchev–Trinajstić information content (AvgIpc) is 3.38. The maximum atomic E-state index is 2.41. The van der Waals surface area contributed by atoms with Crippen LogP contribution in [0.4, 0.5) is 0 Å². The first-order chi connectivity index (χ1) is 20.7. The summed E-state index contributed by atoms with van der Waals surface area (Å²) in [5.74, 6) is 0. The van der Waals surface area contributed by atoms with Crippen LogP contribution in [0.1, 0.15) is 5.56 Å². The van der Waals surface area contributed by atoms with E-state index in [4.69, 9.17) is 0 Å². The van der Waals surface area contributed by atoms with Gasteiger partial charge in [-0.1, -0.05) is 121 Å². The monoisotopic (exact) mass is 533 g/mol. The lowest BCUT2D eigenvalue weighted by Crippen LogP contribution is -1.95. The Kier molecular flexibility index (Phi) is 4.88. The zero-order valence-corrected chi connectivity index (χ0v) is 23.3. The van der Waals surface area contributed by atoms with Crippen LogP contribution in [0.2, 0.25) is 0 Å². The number of para-hydroxylation sites is 2. The SMILES string of the molecule is Cc1ccc(-c2cc(-c3cccc(-n4c5ccccc5c5ccccc54)c3)c3ccc4cccc5ccc2c3c54)cc1. The summed E-state index contributed by atoms with van der Waals surface area (Å²) in [5, 5.41) is 10.4. The lowest BCUT2D eigenvalue weighted by molar-refractivity contribution is 1.18. The van der Waals surface area contributed by atoms with E-state index >= 15 is 0 Å². The highest BCUT2D eigenvalue weighted by molar-refractivity contribution is 6.28. The van der Waals surface area contributed by atoms with Crippen LogP contribution in [0.15, 0.2) is 146 Å². The molecule has 0 unspecified atom stereocenters. The Labute approximate surface area is 244 Å². The molecule has 0 bridgehead atoms. The number of hydrogen-bond acceptors (Lipinski definition) is 0. The van der Waals surface area contributed by atoms with E-state index in [1.807, 2.05) is 0 Å². The molecule has 1 nitrogen and oxygen atoms in total. The van der Waals surface area contributed by atoms with Gasteiger partial charge in [0.15, 0.2) is 0 Å². The molecule has 1 heterocycles. The van der Waals surface area contributed by atoms with E-state index in [1.54, 1.807) is 0 Å². The number of benzene rings is 8. The molecule has 0 fully saturated rings. The Morgan fingerprint density at radius 2 is 1.00 bits per heavy atom. The molecule has 0 atom stereocenters.